The molecule has 0 spiro atoms. The average molecular weight is 253 g/mol. The fourth-order valence-corrected chi connectivity index (χ4v) is 2.08. The Morgan fingerprint density at radius 1 is 1.39 bits per heavy atom. The van der Waals surface area contributed by atoms with E-state index in [0.717, 1.165) is 38.0 Å². The summed E-state index contributed by atoms with van der Waals surface area (Å²) in [6, 6.07) is 5.45. The molecule has 0 aliphatic carbocycles. The Morgan fingerprint density at radius 2 is 2.17 bits per heavy atom. The van der Waals surface area contributed by atoms with E-state index < -0.39 is 0 Å². The molecule has 0 fully saturated rings. The zero-order chi connectivity index (χ0) is 13.4. The third-order valence-corrected chi connectivity index (χ3v) is 3.22. The van der Waals surface area contributed by atoms with Gasteiger partial charge in [0.25, 0.3) is 0 Å². The molecule has 1 atom stereocenters. The first kappa shape index (κ1) is 15.1. The van der Waals surface area contributed by atoms with E-state index in [9.17, 15) is 4.39 Å². The predicted molar refractivity (Wildman–Crippen MR) is 73.4 cm³/mol. The first-order valence-corrected chi connectivity index (χ1v) is 6.67. The van der Waals surface area contributed by atoms with Crippen molar-refractivity contribution in [1.29, 1.82) is 0 Å². The van der Waals surface area contributed by atoms with Crippen LogP contribution in [0.5, 0.6) is 0 Å². The maximum absolute atomic E-state index is 13.0. The van der Waals surface area contributed by atoms with Crippen LogP contribution in [0.2, 0.25) is 0 Å². The standard InChI is InChI=1S/C15H24FNO/c1-4-18-9-5-6-15(17-3)11-13-7-8-14(16)10-12(13)2/h7-8,10,15,17H,4-6,9,11H2,1-3H3. The van der Waals surface area contributed by atoms with E-state index in [-0.39, 0.29) is 5.82 Å². The lowest BCUT2D eigenvalue weighted by Crippen LogP contribution is -2.28. The van der Waals surface area contributed by atoms with Crippen LogP contribution < -0.4 is 5.32 Å². The van der Waals surface area contributed by atoms with Crippen molar-refractivity contribution in [2.45, 2.75) is 39.2 Å². The molecular formula is C15H24FNO. The SMILES string of the molecule is CCOCCCC(Cc1ccc(F)cc1C)NC. The van der Waals surface area contributed by atoms with Crippen molar-refractivity contribution >= 4 is 0 Å². The summed E-state index contributed by atoms with van der Waals surface area (Å²) in [5.74, 6) is -0.159. The molecule has 1 rings (SSSR count). The van der Waals surface area contributed by atoms with Gasteiger partial charge in [0.2, 0.25) is 0 Å². The molecule has 1 aromatic carbocycles. The Bertz CT molecular complexity index is 354. The number of halogens is 1. The van der Waals surface area contributed by atoms with Gasteiger partial charge in [-0.3, -0.25) is 0 Å². The van der Waals surface area contributed by atoms with E-state index >= 15 is 0 Å². The smallest absolute Gasteiger partial charge is 0.123 e. The maximum atomic E-state index is 13.0. The molecular weight excluding hydrogens is 229 g/mol. The van der Waals surface area contributed by atoms with Gasteiger partial charge in [0.15, 0.2) is 0 Å². The minimum Gasteiger partial charge on any atom is -0.382 e. The second kappa shape index (κ2) is 8.22. The largest absolute Gasteiger partial charge is 0.382 e. The first-order chi connectivity index (χ1) is 8.67. The number of likely N-dealkylation sites (N-methyl/N-ethyl adjacent to an activating group) is 1. The Kier molecular flexibility index (Phi) is 6.91. The minimum absolute atomic E-state index is 0.159. The van der Waals surface area contributed by atoms with Gasteiger partial charge in [-0.05, 0) is 63.4 Å². The van der Waals surface area contributed by atoms with E-state index in [1.54, 1.807) is 6.07 Å². The van der Waals surface area contributed by atoms with Crippen molar-refractivity contribution in [1.82, 2.24) is 5.32 Å². The summed E-state index contributed by atoms with van der Waals surface area (Å²) < 4.78 is 18.4. The van der Waals surface area contributed by atoms with E-state index in [4.69, 9.17) is 4.74 Å². The molecule has 0 aliphatic rings. The predicted octanol–water partition coefficient (Wildman–Crippen LogP) is 3.08. The number of nitrogens with one attached hydrogen (secondary N) is 1. The van der Waals surface area contributed by atoms with Crippen LogP contribution in [-0.4, -0.2) is 26.3 Å². The highest BCUT2D eigenvalue weighted by Crippen LogP contribution is 2.14. The topological polar surface area (TPSA) is 21.3 Å². The Labute approximate surface area is 110 Å². The van der Waals surface area contributed by atoms with Crippen LogP contribution in [0.3, 0.4) is 0 Å². The van der Waals surface area contributed by atoms with Gasteiger partial charge in [0.05, 0.1) is 0 Å². The molecule has 3 heteroatoms. The summed E-state index contributed by atoms with van der Waals surface area (Å²) >= 11 is 0. The Balaban J connectivity index is 2.46. The Hall–Kier alpha value is -0.930. The van der Waals surface area contributed by atoms with Crippen LogP contribution in [-0.2, 0) is 11.2 Å². The third-order valence-electron chi connectivity index (χ3n) is 3.22. The van der Waals surface area contributed by atoms with Crippen LogP contribution >= 0.6 is 0 Å². The zero-order valence-electron chi connectivity index (χ0n) is 11.6. The molecule has 0 saturated heterocycles. The summed E-state index contributed by atoms with van der Waals surface area (Å²) in [5, 5.41) is 3.32. The normalized spacial score (nSPS) is 12.7. The number of hydrogen-bond acceptors (Lipinski definition) is 2. The molecule has 1 N–H and O–H groups in total. The lowest BCUT2D eigenvalue weighted by atomic mass is 9.98. The average Bonchev–Trinajstić information content (AvgIpc) is 2.35. The molecule has 0 amide bonds. The van der Waals surface area contributed by atoms with Gasteiger partial charge in [-0.1, -0.05) is 6.07 Å². The number of rotatable bonds is 8. The fraction of sp³-hybridized carbons (Fsp3) is 0.600. The summed E-state index contributed by atoms with van der Waals surface area (Å²) in [6.07, 6.45) is 3.07. The molecule has 1 unspecified atom stereocenters. The Morgan fingerprint density at radius 3 is 2.78 bits per heavy atom. The summed E-state index contributed by atoms with van der Waals surface area (Å²) in [6.45, 7) is 5.57. The third kappa shape index (κ3) is 5.15. The van der Waals surface area contributed by atoms with E-state index in [0.29, 0.717) is 6.04 Å². The van der Waals surface area contributed by atoms with Gasteiger partial charge in [-0.15, -0.1) is 0 Å². The van der Waals surface area contributed by atoms with Crippen LogP contribution in [0.25, 0.3) is 0 Å². The van der Waals surface area contributed by atoms with Crippen LogP contribution in [0.15, 0.2) is 18.2 Å². The number of benzene rings is 1. The van der Waals surface area contributed by atoms with E-state index in [2.05, 4.69) is 5.32 Å². The summed E-state index contributed by atoms with van der Waals surface area (Å²) in [4.78, 5) is 0. The van der Waals surface area contributed by atoms with Gasteiger partial charge in [0.1, 0.15) is 5.82 Å². The number of ether oxygens (including phenoxy) is 1. The number of hydrogen-bond donors (Lipinski definition) is 1. The lowest BCUT2D eigenvalue weighted by Gasteiger charge is -2.17. The second-order valence-electron chi connectivity index (χ2n) is 4.60. The highest BCUT2D eigenvalue weighted by Gasteiger charge is 2.09. The summed E-state index contributed by atoms with van der Waals surface area (Å²) in [7, 11) is 1.98. The van der Waals surface area contributed by atoms with Crippen molar-refractivity contribution < 1.29 is 9.13 Å². The molecule has 0 aromatic heterocycles. The highest BCUT2D eigenvalue weighted by atomic mass is 19.1. The van der Waals surface area contributed by atoms with Crippen molar-refractivity contribution in [3.8, 4) is 0 Å². The van der Waals surface area contributed by atoms with Crippen molar-refractivity contribution in [2.24, 2.45) is 0 Å². The second-order valence-corrected chi connectivity index (χ2v) is 4.60. The van der Waals surface area contributed by atoms with Crippen LogP contribution in [0, 0.1) is 12.7 Å². The van der Waals surface area contributed by atoms with Gasteiger partial charge in [0, 0.05) is 19.3 Å². The maximum Gasteiger partial charge on any atom is 0.123 e. The molecule has 18 heavy (non-hydrogen) atoms. The van der Waals surface area contributed by atoms with Gasteiger partial charge >= 0.3 is 0 Å². The highest BCUT2D eigenvalue weighted by molar-refractivity contribution is 5.27. The molecule has 102 valence electrons. The molecule has 0 heterocycles. The molecule has 0 aliphatic heterocycles. The van der Waals surface area contributed by atoms with Gasteiger partial charge < -0.3 is 10.1 Å². The quantitative estimate of drug-likeness (QED) is 0.719. The molecule has 0 saturated carbocycles. The summed E-state index contributed by atoms with van der Waals surface area (Å²) in [5.41, 5.74) is 2.24. The van der Waals surface area contributed by atoms with Crippen LogP contribution in [0.4, 0.5) is 4.39 Å². The molecule has 0 bridgehead atoms. The van der Waals surface area contributed by atoms with Crippen molar-refractivity contribution in [3.05, 3.63) is 35.1 Å². The monoisotopic (exact) mass is 253 g/mol. The van der Waals surface area contributed by atoms with E-state index in [1.165, 1.54) is 11.6 Å². The molecule has 1 aromatic rings. The number of aryl methyl sites for hydroxylation is 1. The molecule has 0 radical (unpaired) electrons. The zero-order valence-corrected chi connectivity index (χ0v) is 11.6. The lowest BCUT2D eigenvalue weighted by molar-refractivity contribution is 0.141. The first-order valence-electron chi connectivity index (χ1n) is 6.67. The minimum atomic E-state index is -0.159. The van der Waals surface area contributed by atoms with Crippen molar-refractivity contribution in [2.75, 3.05) is 20.3 Å². The van der Waals surface area contributed by atoms with Gasteiger partial charge in [-0.25, -0.2) is 4.39 Å². The van der Waals surface area contributed by atoms with E-state index in [1.807, 2.05) is 27.0 Å². The van der Waals surface area contributed by atoms with Gasteiger partial charge in [-0.2, -0.15) is 0 Å². The fourth-order valence-electron chi connectivity index (χ4n) is 2.08. The van der Waals surface area contributed by atoms with Crippen molar-refractivity contribution in [3.63, 3.8) is 0 Å². The van der Waals surface area contributed by atoms with Crippen LogP contribution in [0.1, 0.15) is 30.9 Å². The molecule has 2 nitrogen and oxygen atoms in total.